The summed E-state index contributed by atoms with van der Waals surface area (Å²) in [6.45, 7) is 0. The van der Waals surface area contributed by atoms with Gasteiger partial charge in [-0.25, -0.2) is 4.39 Å². The average molecular weight is 397 g/mol. The third kappa shape index (κ3) is 2.99. The summed E-state index contributed by atoms with van der Waals surface area (Å²) in [5, 5.41) is 1.20. The van der Waals surface area contributed by atoms with E-state index in [1.54, 1.807) is 30.5 Å². The summed E-state index contributed by atoms with van der Waals surface area (Å²) in [6.07, 6.45) is 1.59. The van der Waals surface area contributed by atoms with E-state index in [-0.39, 0.29) is 11.6 Å². The van der Waals surface area contributed by atoms with Crippen LogP contribution in [0.4, 0.5) is 4.39 Å². The lowest BCUT2D eigenvalue weighted by Gasteiger charge is -2.13. The van der Waals surface area contributed by atoms with Crippen molar-refractivity contribution in [3.63, 3.8) is 0 Å². The molecule has 6 heteroatoms. The number of rotatable bonds is 4. The van der Waals surface area contributed by atoms with Crippen molar-refractivity contribution in [3.05, 3.63) is 64.6 Å². The molecule has 3 nitrogen and oxygen atoms in total. The van der Waals surface area contributed by atoms with E-state index >= 15 is 0 Å². The zero-order valence-corrected chi connectivity index (χ0v) is 14.4. The number of fused-ring (bicyclic) bond motifs is 1. The molecule has 0 saturated heterocycles. The van der Waals surface area contributed by atoms with E-state index in [1.165, 1.54) is 19.2 Å². The summed E-state index contributed by atoms with van der Waals surface area (Å²) in [5.41, 5.74) is 1.74. The third-order valence-electron chi connectivity index (χ3n) is 3.61. The normalized spacial score (nSPS) is 12.3. The van der Waals surface area contributed by atoms with E-state index in [0.717, 1.165) is 0 Å². The Labute approximate surface area is 145 Å². The molecule has 2 aromatic carbocycles. The molecule has 3 rings (SSSR count). The molecule has 1 aromatic heterocycles. The SMILES string of the molecule is COc1cc(Cl)ccc1C(Br)C(=O)c1c[nH]c2cc(F)ccc12. The largest absolute Gasteiger partial charge is 0.496 e. The minimum atomic E-state index is -0.598. The van der Waals surface area contributed by atoms with Crippen molar-refractivity contribution in [3.8, 4) is 5.75 Å². The van der Waals surface area contributed by atoms with Crippen LogP contribution < -0.4 is 4.74 Å². The van der Waals surface area contributed by atoms with Gasteiger partial charge in [0.1, 0.15) is 16.4 Å². The number of Topliss-reactive ketones (excluding diaryl/α,β-unsaturated/α-hetero) is 1. The number of ketones is 1. The minimum absolute atomic E-state index is 0.150. The molecule has 0 radical (unpaired) electrons. The molecule has 0 saturated carbocycles. The average Bonchev–Trinajstić information content (AvgIpc) is 2.96. The molecule has 0 aliphatic rings. The Morgan fingerprint density at radius 1 is 1.30 bits per heavy atom. The standard InChI is InChI=1S/C17H12BrClFNO2/c1-23-15-6-9(19)2-4-12(15)16(18)17(22)13-8-21-14-7-10(20)3-5-11(13)14/h2-8,16,21H,1H3. The summed E-state index contributed by atoms with van der Waals surface area (Å²) >= 11 is 9.38. The highest BCUT2D eigenvalue weighted by Crippen LogP contribution is 2.36. The Kier molecular flexibility index (Phi) is 4.41. The van der Waals surface area contributed by atoms with Gasteiger partial charge in [0.25, 0.3) is 0 Å². The number of halogens is 3. The lowest BCUT2D eigenvalue weighted by molar-refractivity contribution is 0.0992. The van der Waals surface area contributed by atoms with Crippen molar-refractivity contribution in [1.29, 1.82) is 0 Å². The monoisotopic (exact) mass is 395 g/mol. The van der Waals surface area contributed by atoms with Crippen LogP contribution in [-0.2, 0) is 0 Å². The number of carbonyl (C=O) groups is 1. The van der Waals surface area contributed by atoms with Crippen molar-refractivity contribution >= 4 is 44.2 Å². The zero-order valence-electron chi connectivity index (χ0n) is 12.1. The number of nitrogens with one attached hydrogen (secondary N) is 1. The predicted octanol–water partition coefficient (Wildman–Crippen LogP) is 5.29. The van der Waals surface area contributed by atoms with Gasteiger partial charge in [0.05, 0.1) is 7.11 Å². The van der Waals surface area contributed by atoms with Crippen LogP contribution in [-0.4, -0.2) is 17.9 Å². The first-order chi connectivity index (χ1) is 11.0. The van der Waals surface area contributed by atoms with Gasteiger partial charge >= 0.3 is 0 Å². The number of benzene rings is 2. The molecule has 1 atom stereocenters. The Bertz CT molecular complexity index is 893. The van der Waals surface area contributed by atoms with Gasteiger partial charge in [-0.05, 0) is 30.3 Å². The van der Waals surface area contributed by atoms with Gasteiger partial charge in [0.2, 0.25) is 0 Å². The molecule has 118 valence electrons. The van der Waals surface area contributed by atoms with E-state index in [1.807, 2.05) is 0 Å². The summed E-state index contributed by atoms with van der Waals surface area (Å²) in [7, 11) is 1.52. The minimum Gasteiger partial charge on any atom is -0.496 e. The second kappa shape index (κ2) is 6.34. The number of ether oxygens (including phenoxy) is 1. The number of aromatic amines is 1. The van der Waals surface area contributed by atoms with Gasteiger partial charge in [-0.15, -0.1) is 0 Å². The van der Waals surface area contributed by atoms with Crippen LogP contribution in [0.5, 0.6) is 5.75 Å². The topological polar surface area (TPSA) is 42.1 Å². The van der Waals surface area contributed by atoms with E-state index in [2.05, 4.69) is 20.9 Å². The van der Waals surface area contributed by atoms with Crippen molar-refractivity contribution in [2.45, 2.75) is 4.83 Å². The summed E-state index contributed by atoms with van der Waals surface area (Å²) in [4.78, 5) is 15.1. The van der Waals surface area contributed by atoms with Crippen LogP contribution in [0.15, 0.2) is 42.6 Å². The second-order valence-corrected chi connectivity index (χ2v) is 6.36. The fraction of sp³-hybridized carbons (Fsp3) is 0.118. The lowest BCUT2D eigenvalue weighted by atomic mass is 10.0. The molecular weight excluding hydrogens is 385 g/mol. The third-order valence-corrected chi connectivity index (χ3v) is 4.75. The fourth-order valence-electron chi connectivity index (χ4n) is 2.47. The van der Waals surface area contributed by atoms with E-state index in [0.29, 0.717) is 32.8 Å². The molecule has 3 aromatic rings. The van der Waals surface area contributed by atoms with Crippen LogP contribution in [0, 0.1) is 5.82 Å². The molecule has 1 unspecified atom stereocenters. The molecule has 1 heterocycles. The molecule has 0 spiro atoms. The highest BCUT2D eigenvalue weighted by atomic mass is 79.9. The Morgan fingerprint density at radius 2 is 2.09 bits per heavy atom. The van der Waals surface area contributed by atoms with Crippen LogP contribution in [0.1, 0.15) is 20.7 Å². The fourth-order valence-corrected chi connectivity index (χ4v) is 3.26. The number of hydrogen-bond donors (Lipinski definition) is 1. The van der Waals surface area contributed by atoms with Gasteiger partial charge in [0.15, 0.2) is 5.78 Å². The molecular formula is C17H12BrClFNO2. The van der Waals surface area contributed by atoms with E-state index in [9.17, 15) is 9.18 Å². The van der Waals surface area contributed by atoms with Crippen molar-refractivity contribution in [2.75, 3.05) is 7.11 Å². The molecule has 0 aliphatic carbocycles. The predicted molar refractivity (Wildman–Crippen MR) is 92.3 cm³/mol. The zero-order chi connectivity index (χ0) is 16.6. The molecule has 23 heavy (non-hydrogen) atoms. The second-order valence-electron chi connectivity index (χ2n) is 5.01. The highest BCUT2D eigenvalue weighted by Gasteiger charge is 2.24. The molecule has 0 amide bonds. The maximum Gasteiger partial charge on any atom is 0.183 e. The summed E-state index contributed by atoms with van der Waals surface area (Å²) < 4.78 is 18.6. The molecule has 0 bridgehead atoms. The molecule has 0 aliphatic heterocycles. The van der Waals surface area contributed by atoms with Gasteiger partial charge in [-0.3, -0.25) is 4.79 Å². The number of methoxy groups -OCH3 is 1. The number of aromatic nitrogens is 1. The summed E-state index contributed by atoms with van der Waals surface area (Å²) in [5.74, 6) is 0.0233. The highest BCUT2D eigenvalue weighted by molar-refractivity contribution is 9.09. The van der Waals surface area contributed by atoms with Crippen molar-refractivity contribution in [1.82, 2.24) is 4.98 Å². The van der Waals surface area contributed by atoms with Crippen LogP contribution in [0.25, 0.3) is 10.9 Å². The first-order valence-corrected chi connectivity index (χ1v) is 8.09. The maximum atomic E-state index is 13.3. The maximum absolute atomic E-state index is 13.3. The quantitative estimate of drug-likeness (QED) is 0.481. The Balaban J connectivity index is 2.02. The van der Waals surface area contributed by atoms with E-state index in [4.69, 9.17) is 16.3 Å². The molecule has 1 N–H and O–H groups in total. The Morgan fingerprint density at radius 3 is 2.83 bits per heavy atom. The smallest absolute Gasteiger partial charge is 0.183 e. The Hall–Kier alpha value is -1.85. The first kappa shape index (κ1) is 16.0. The van der Waals surface area contributed by atoms with Gasteiger partial charge in [0, 0.05) is 33.2 Å². The number of H-pyrrole nitrogens is 1. The lowest BCUT2D eigenvalue weighted by Crippen LogP contribution is -2.08. The molecule has 0 fully saturated rings. The van der Waals surface area contributed by atoms with Crippen LogP contribution >= 0.6 is 27.5 Å². The van der Waals surface area contributed by atoms with Gasteiger partial charge in [-0.2, -0.15) is 0 Å². The van der Waals surface area contributed by atoms with Crippen molar-refractivity contribution in [2.24, 2.45) is 0 Å². The number of hydrogen-bond acceptors (Lipinski definition) is 2. The summed E-state index contributed by atoms with van der Waals surface area (Å²) in [6, 6.07) is 9.38. The first-order valence-electron chi connectivity index (χ1n) is 6.79. The van der Waals surface area contributed by atoms with E-state index < -0.39 is 4.83 Å². The number of carbonyl (C=O) groups excluding carboxylic acids is 1. The van der Waals surface area contributed by atoms with Gasteiger partial charge in [-0.1, -0.05) is 33.6 Å². The van der Waals surface area contributed by atoms with Gasteiger partial charge < -0.3 is 9.72 Å². The van der Waals surface area contributed by atoms with Crippen LogP contribution in [0.3, 0.4) is 0 Å². The van der Waals surface area contributed by atoms with Crippen LogP contribution in [0.2, 0.25) is 5.02 Å². The number of alkyl halides is 1. The van der Waals surface area contributed by atoms with Crippen molar-refractivity contribution < 1.29 is 13.9 Å².